The number of fused-ring (bicyclic) bond motifs is 1. The molecule has 3 rings (SSSR count). The van der Waals surface area contributed by atoms with Crippen molar-refractivity contribution in [1.82, 2.24) is 0 Å². The zero-order valence-corrected chi connectivity index (χ0v) is 11.4. The van der Waals surface area contributed by atoms with Gasteiger partial charge in [0, 0.05) is 22.7 Å². The number of carbonyl (C=O) groups is 1. The van der Waals surface area contributed by atoms with E-state index in [1.165, 1.54) is 5.56 Å². The molecular weight excluding hydrogens is 254 g/mol. The lowest BCUT2D eigenvalue weighted by molar-refractivity contribution is 0.0985. The molecule has 1 aliphatic heterocycles. The van der Waals surface area contributed by atoms with E-state index in [1.807, 2.05) is 47.4 Å². The Balaban J connectivity index is 1.95. The van der Waals surface area contributed by atoms with Crippen LogP contribution in [0, 0.1) is 0 Å². The van der Waals surface area contributed by atoms with Gasteiger partial charge in [0.1, 0.15) is 0 Å². The highest BCUT2D eigenvalue weighted by Gasteiger charge is 2.22. The third-order valence-electron chi connectivity index (χ3n) is 3.47. The van der Waals surface area contributed by atoms with E-state index in [0.717, 1.165) is 35.5 Å². The van der Waals surface area contributed by atoms with Crippen molar-refractivity contribution in [3.05, 3.63) is 59.7 Å². The molecule has 0 spiro atoms. The molecule has 1 amide bonds. The van der Waals surface area contributed by atoms with Crippen LogP contribution >= 0.6 is 12.6 Å². The van der Waals surface area contributed by atoms with Crippen molar-refractivity contribution in [1.29, 1.82) is 0 Å². The van der Waals surface area contributed by atoms with Gasteiger partial charge in [-0.25, -0.2) is 0 Å². The van der Waals surface area contributed by atoms with Gasteiger partial charge in [-0.1, -0.05) is 18.2 Å². The highest BCUT2D eigenvalue weighted by molar-refractivity contribution is 7.80. The number of benzene rings is 2. The van der Waals surface area contributed by atoms with Crippen molar-refractivity contribution in [2.45, 2.75) is 17.7 Å². The van der Waals surface area contributed by atoms with E-state index >= 15 is 0 Å². The molecule has 0 saturated heterocycles. The number of hydrogen-bond donors (Lipinski definition) is 1. The van der Waals surface area contributed by atoms with Crippen molar-refractivity contribution >= 4 is 24.2 Å². The van der Waals surface area contributed by atoms with Gasteiger partial charge in [-0.05, 0) is 48.7 Å². The summed E-state index contributed by atoms with van der Waals surface area (Å²) in [4.78, 5) is 15.3. The maximum Gasteiger partial charge on any atom is 0.258 e. The standard InChI is InChI=1S/C16H15NOS/c18-16(13-7-9-14(19)10-8-13)17-11-3-5-12-4-1-2-6-15(12)17/h1-2,4,6-10,19H,3,5,11H2. The minimum Gasteiger partial charge on any atom is -0.308 e. The Morgan fingerprint density at radius 3 is 2.58 bits per heavy atom. The van der Waals surface area contributed by atoms with Crippen LogP contribution in [0.5, 0.6) is 0 Å². The molecule has 2 aromatic carbocycles. The van der Waals surface area contributed by atoms with Gasteiger partial charge in [-0.3, -0.25) is 4.79 Å². The number of anilines is 1. The van der Waals surface area contributed by atoms with Gasteiger partial charge in [0.05, 0.1) is 0 Å². The predicted octanol–water partition coefficient (Wildman–Crippen LogP) is 3.57. The summed E-state index contributed by atoms with van der Waals surface area (Å²) in [5, 5.41) is 0. The first kappa shape index (κ1) is 12.3. The summed E-state index contributed by atoms with van der Waals surface area (Å²) < 4.78 is 0. The lowest BCUT2D eigenvalue weighted by Gasteiger charge is -2.29. The first-order chi connectivity index (χ1) is 9.25. The van der Waals surface area contributed by atoms with E-state index in [4.69, 9.17) is 0 Å². The second-order valence-corrected chi connectivity index (χ2v) is 5.25. The minimum absolute atomic E-state index is 0.0699. The largest absolute Gasteiger partial charge is 0.308 e. The van der Waals surface area contributed by atoms with Crippen LogP contribution in [0.2, 0.25) is 0 Å². The van der Waals surface area contributed by atoms with E-state index in [-0.39, 0.29) is 5.91 Å². The van der Waals surface area contributed by atoms with Crippen molar-refractivity contribution in [3.8, 4) is 0 Å². The molecule has 0 fully saturated rings. The van der Waals surface area contributed by atoms with Crippen LogP contribution in [0.25, 0.3) is 0 Å². The monoisotopic (exact) mass is 269 g/mol. The molecule has 0 aliphatic carbocycles. The van der Waals surface area contributed by atoms with Gasteiger partial charge >= 0.3 is 0 Å². The Kier molecular flexibility index (Phi) is 3.30. The number of nitrogens with zero attached hydrogens (tertiary/aromatic N) is 1. The summed E-state index contributed by atoms with van der Waals surface area (Å²) in [6.07, 6.45) is 2.07. The molecule has 0 saturated carbocycles. The van der Waals surface area contributed by atoms with Crippen LogP contribution in [0.4, 0.5) is 5.69 Å². The van der Waals surface area contributed by atoms with Gasteiger partial charge < -0.3 is 4.90 Å². The smallest absolute Gasteiger partial charge is 0.258 e. The van der Waals surface area contributed by atoms with Crippen LogP contribution in [0.1, 0.15) is 22.3 Å². The highest BCUT2D eigenvalue weighted by Crippen LogP contribution is 2.28. The van der Waals surface area contributed by atoms with Crippen LogP contribution in [0.3, 0.4) is 0 Å². The van der Waals surface area contributed by atoms with E-state index < -0.39 is 0 Å². The van der Waals surface area contributed by atoms with E-state index in [1.54, 1.807) is 0 Å². The van der Waals surface area contributed by atoms with Gasteiger partial charge in [-0.2, -0.15) is 0 Å². The molecule has 0 atom stereocenters. The molecule has 2 aromatic rings. The average molecular weight is 269 g/mol. The summed E-state index contributed by atoms with van der Waals surface area (Å²) in [6.45, 7) is 0.790. The lowest BCUT2D eigenvalue weighted by Crippen LogP contribution is -2.35. The molecule has 19 heavy (non-hydrogen) atoms. The minimum atomic E-state index is 0.0699. The topological polar surface area (TPSA) is 20.3 Å². The second-order valence-electron chi connectivity index (χ2n) is 4.74. The Labute approximate surface area is 118 Å². The summed E-state index contributed by atoms with van der Waals surface area (Å²) in [7, 11) is 0. The fraction of sp³-hybridized carbons (Fsp3) is 0.188. The number of para-hydroxylation sites is 1. The number of amides is 1. The maximum atomic E-state index is 12.6. The van der Waals surface area contributed by atoms with Crippen molar-refractivity contribution < 1.29 is 4.79 Å². The number of aryl methyl sites for hydroxylation is 1. The predicted molar refractivity (Wildman–Crippen MR) is 80.1 cm³/mol. The van der Waals surface area contributed by atoms with E-state index in [0.29, 0.717) is 0 Å². The zero-order chi connectivity index (χ0) is 13.2. The molecule has 0 radical (unpaired) electrons. The Morgan fingerprint density at radius 1 is 1.05 bits per heavy atom. The highest BCUT2D eigenvalue weighted by atomic mass is 32.1. The molecule has 96 valence electrons. The van der Waals surface area contributed by atoms with Crippen LogP contribution < -0.4 is 4.90 Å². The quantitative estimate of drug-likeness (QED) is 0.785. The normalized spacial score (nSPS) is 14.1. The molecule has 0 N–H and O–H groups in total. The number of hydrogen-bond acceptors (Lipinski definition) is 2. The average Bonchev–Trinajstić information content (AvgIpc) is 2.47. The van der Waals surface area contributed by atoms with Gasteiger partial charge in [0.25, 0.3) is 5.91 Å². The van der Waals surface area contributed by atoms with Gasteiger partial charge in [0.15, 0.2) is 0 Å². The van der Waals surface area contributed by atoms with E-state index in [9.17, 15) is 4.79 Å². The Morgan fingerprint density at radius 2 is 1.79 bits per heavy atom. The third kappa shape index (κ3) is 2.38. The fourth-order valence-corrected chi connectivity index (χ4v) is 2.65. The zero-order valence-electron chi connectivity index (χ0n) is 10.5. The maximum absolute atomic E-state index is 12.6. The fourth-order valence-electron chi connectivity index (χ4n) is 2.50. The molecule has 0 unspecified atom stereocenters. The Bertz CT molecular complexity index is 606. The number of carbonyl (C=O) groups excluding carboxylic acids is 1. The van der Waals surface area contributed by atoms with Crippen molar-refractivity contribution in [2.75, 3.05) is 11.4 Å². The molecule has 0 aromatic heterocycles. The molecule has 2 nitrogen and oxygen atoms in total. The van der Waals surface area contributed by atoms with Crippen LogP contribution in [0.15, 0.2) is 53.4 Å². The molecule has 3 heteroatoms. The van der Waals surface area contributed by atoms with Crippen LogP contribution in [-0.2, 0) is 6.42 Å². The van der Waals surface area contributed by atoms with Crippen molar-refractivity contribution in [2.24, 2.45) is 0 Å². The molecule has 1 aliphatic rings. The third-order valence-corrected chi connectivity index (χ3v) is 3.77. The summed E-state index contributed by atoms with van der Waals surface area (Å²) >= 11 is 4.25. The first-order valence-corrected chi connectivity index (χ1v) is 6.89. The summed E-state index contributed by atoms with van der Waals surface area (Å²) in [6, 6.07) is 15.5. The van der Waals surface area contributed by atoms with Gasteiger partial charge in [0.2, 0.25) is 0 Å². The molecule has 0 bridgehead atoms. The number of rotatable bonds is 1. The Hall–Kier alpha value is -1.74. The van der Waals surface area contributed by atoms with E-state index in [2.05, 4.69) is 18.7 Å². The second kappa shape index (κ2) is 5.10. The van der Waals surface area contributed by atoms with Gasteiger partial charge in [-0.15, -0.1) is 12.6 Å². The summed E-state index contributed by atoms with van der Waals surface area (Å²) in [5.41, 5.74) is 3.02. The number of thiol groups is 1. The SMILES string of the molecule is O=C(c1ccc(S)cc1)N1CCCc2ccccc21. The molecular formula is C16H15NOS. The lowest BCUT2D eigenvalue weighted by atomic mass is 10.0. The summed E-state index contributed by atoms with van der Waals surface area (Å²) in [5.74, 6) is 0.0699. The van der Waals surface area contributed by atoms with Crippen LogP contribution in [-0.4, -0.2) is 12.5 Å². The molecule has 1 heterocycles. The van der Waals surface area contributed by atoms with Crippen molar-refractivity contribution in [3.63, 3.8) is 0 Å². The first-order valence-electron chi connectivity index (χ1n) is 6.44.